The average molecular weight is 234 g/mol. The van der Waals surface area contributed by atoms with Gasteiger partial charge in [0.1, 0.15) is 0 Å². The van der Waals surface area contributed by atoms with E-state index in [-0.39, 0.29) is 5.41 Å². The van der Waals surface area contributed by atoms with Crippen LogP contribution < -0.4 is 0 Å². The number of ether oxygens (including phenoxy) is 1. The maximum absolute atomic E-state index is 11.2. The molecular formula is C14H18O3. The smallest absolute Gasteiger partial charge is 0.335 e. The van der Waals surface area contributed by atoms with Crippen LogP contribution in [-0.4, -0.2) is 24.3 Å². The summed E-state index contributed by atoms with van der Waals surface area (Å²) in [6.45, 7) is 3.28. The zero-order valence-corrected chi connectivity index (χ0v) is 10.1. The largest absolute Gasteiger partial charge is 0.478 e. The summed E-state index contributed by atoms with van der Waals surface area (Å²) in [4.78, 5) is 11.2. The number of benzene rings is 1. The Labute approximate surface area is 101 Å². The van der Waals surface area contributed by atoms with Crippen LogP contribution in [0.1, 0.15) is 42.1 Å². The molecule has 1 saturated carbocycles. The minimum Gasteiger partial charge on any atom is -0.478 e. The van der Waals surface area contributed by atoms with Crippen LogP contribution in [0.2, 0.25) is 0 Å². The Bertz CT molecular complexity index is 408. The minimum atomic E-state index is -0.844. The van der Waals surface area contributed by atoms with Crippen LogP contribution in [0.15, 0.2) is 24.3 Å². The van der Waals surface area contributed by atoms with Gasteiger partial charge in [-0.05, 0) is 31.4 Å². The summed E-state index contributed by atoms with van der Waals surface area (Å²) in [5.41, 5.74) is 1.30. The number of aromatic carboxylic acids is 1. The molecule has 1 aromatic carbocycles. The molecule has 0 saturated heterocycles. The lowest BCUT2D eigenvalue weighted by molar-refractivity contribution is 0.0499. The van der Waals surface area contributed by atoms with Crippen LogP contribution in [0.3, 0.4) is 0 Å². The fourth-order valence-corrected chi connectivity index (χ4v) is 2.52. The van der Waals surface area contributed by atoms with Gasteiger partial charge in [-0.25, -0.2) is 4.79 Å². The van der Waals surface area contributed by atoms with Crippen molar-refractivity contribution in [2.75, 3.05) is 13.2 Å². The van der Waals surface area contributed by atoms with E-state index in [1.165, 1.54) is 0 Å². The van der Waals surface area contributed by atoms with Crippen molar-refractivity contribution in [2.45, 2.75) is 31.6 Å². The predicted molar refractivity (Wildman–Crippen MR) is 65.4 cm³/mol. The SMILES string of the molecule is CCOCC1(c2ccccc2C(=O)O)CCC1. The van der Waals surface area contributed by atoms with Gasteiger partial charge in [0.05, 0.1) is 12.2 Å². The van der Waals surface area contributed by atoms with Crippen molar-refractivity contribution in [2.24, 2.45) is 0 Å². The summed E-state index contributed by atoms with van der Waals surface area (Å²) in [5.74, 6) is -0.844. The molecule has 0 atom stereocenters. The Morgan fingerprint density at radius 3 is 2.65 bits per heavy atom. The van der Waals surface area contributed by atoms with Gasteiger partial charge in [-0.15, -0.1) is 0 Å². The third-order valence-corrected chi connectivity index (χ3v) is 3.62. The molecule has 1 fully saturated rings. The van der Waals surface area contributed by atoms with Gasteiger partial charge in [0.15, 0.2) is 0 Å². The van der Waals surface area contributed by atoms with Crippen molar-refractivity contribution >= 4 is 5.97 Å². The fraction of sp³-hybridized carbons (Fsp3) is 0.500. The molecule has 3 nitrogen and oxygen atoms in total. The molecule has 0 aliphatic heterocycles. The van der Waals surface area contributed by atoms with Gasteiger partial charge in [0.2, 0.25) is 0 Å². The van der Waals surface area contributed by atoms with Crippen molar-refractivity contribution in [1.29, 1.82) is 0 Å². The van der Waals surface area contributed by atoms with Crippen LogP contribution >= 0.6 is 0 Å². The van der Waals surface area contributed by atoms with Crippen LogP contribution in [0.25, 0.3) is 0 Å². The van der Waals surface area contributed by atoms with Gasteiger partial charge >= 0.3 is 5.97 Å². The molecule has 1 aliphatic rings. The van der Waals surface area contributed by atoms with Gasteiger partial charge in [-0.3, -0.25) is 0 Å². The van der Waals surface area contributed by atoms with Gasteiger partial charge in [0, 0.05) is 12.0 Å². The Kier molecular flexibility index (Phi) is 3.48. The first-order chi connectivity index (χ1) is 8.19. The fourth-order valence-electron chi connectivity index (χ4n) is 2.52. The molecule has 0 aromatic heterocycles. The Morgan fingerprint density at radius 2 is 2.12 bits per heavy atom. The van der Waals surface area contributed by atoms with Gasteiger partial charge in [-0.1, -0.05) is 24.6 Å². The predicted octanol–water partition coefficient (Wildman–Crippen LogP) is 2.84. The van der Waals surface area contributed by atoms with Crippen LogP contribution in [0, 0.1) is 0 Å². The lowest BCUT2D eigenvalue weighted by Gasteiger charge is -2.42. The summed E-state index contributed by atoms with van der Waals surface area (Å²) in [6, 6.07) is 7.30. The third kappa shape index (κ3) is 2.20. The number of carbonyl (C=O) groups is 1. The van der Waals surface area contributed by atoms with E-state index in [4.69, 9.17) is 4.74 Å². The number of rotatable bonds is 5. The molecule has 1 N–H and O–H groups in total. The van der Waals surface area contributed by atoms with Gasteiger partial charge < -0.3 is 9.84 Å². The number of carboxylic acid groups (broad SMARTS) is 1. The first-order valence-electron chi connectivity index (χ1n) is 6.10. The molecule has 92 valence electrons. The Balaban J connectivity index is 2.33. The highest BCUT2D eigenvalue weighted by atomic mass is 16.5. The minimum absolute atomic E-state index is 0.0645. The first kappa shape index (κ1) is 12.1. The van der Waals surface area contributed by atoms with Crippen molar-refractivity contribution < 1.29 is 14.6 Å². The van der Waals surface area contributed by atoms with Crippen molar-refractivity contribution in [3.63, 3.8) is 0 Å². The zero-order chi connectivity index (χ0) is 12.3. The number of carboxylic acids is 1. The maximum Gasteiger partial charge on any atom is 0.335 e. The molecule has 0 heterocycles. The second-order valence-corrected chi connectivity index (χ2v) is 4.62. The summed E-state index contributed by atoms with van der Waals surface area (Å²) >= 11 is 0. The molecule has 0 radical (unpaired) electrons. The second-order valence-electron chi connectivity index (χ2n) is 4.62. The van der Waals surface area contributed by atoms with Crippen LogP contribution in [0.4, 0.5) is 0 Å². The van der Waals surface area contributed by atoms with E-state index >= 15 is 0 Å². The molecule has 0 unspecified atom stereocenters. The standard InChI is InChI=1S/C14H18O3/c1-2-17-10-14(8-5-9-14)12-7-4-3-6-11(12)13(15)16/h3-4,6-7H,2,5,8-10H2,1H3,(H,15,16). The highest BCUT2D eigenvalue weighted by molar-refractivity contribution is 5.90. The molecule has 0 bridgehead atoms. The van der Waals surface area contributed by atoms with E-state index in [0.29, 0.717) is 18.8 Å². The third-order valence-electron chi connectivity index (χ3n) is 3.62. The normalized spacial score (nSPS) is 17.5. The molecular weight excluding hydrogens is 216 g/mol. The van der Waals surface area contributed by atoms with Crippen LogP contribution in [0.5, 0.6) is 0 Å². The lowest BCUT2D eigenvalue weighted by Crippen LogP contribution is -2.40. The van der Waals surface area contributed by atoms with Gasteiger partial charge in [-0.2, -0.15) is 0 Å². The molecule has 2 rings (SSSR count). The summed E-state index contributed by atoms with van der Waals surface area (Å²) < 4.78 is 5.54. The maximum atomic E-state index is 11.2. The van der Waals surface area contributed by atoms with E-state index in [1.54, 1.807) is 12.1 Å². The van der Waals surface area contributed by atoms with Gasteiger partial charge in [0.25, 0.3) is 0 Å². The monoisotopic (exact) mass is 234 g/mol. The first-order valence-corrected chi connectivity index (χ1v) is 6.10. The topological polar surface area (TPSA) is 46.5 Å². The molecule has 0 spiro atoms. The molecule has 3 heteroatoms. The second kappa shape index (κ2) is 4.88. The van der Waals surface area contributed by atoms with E-state index in [9.17, 15) is 9.90 Å². The van der Waals surface area contributed by atoms with E-state index < -0.39 is 5.97 Å². The molecule has 0 amide bonds. The molecule has 17 heavy (non-hydrogen) atoms. The Morgan fingerprint density at radius 1 is 1.41 bits per heavy atom. The highest BCUT2D eigenvalue weighted by Crippen LogP contribution is 2.45. The molecule has 1 aliphatic carbocycles. The quantitative estimate of drug-likeness (QED) is 0.852. The molecule has 1 aromatic rings. The van der Waals surface area contributed by atoms with E-state index in [1.807, 2.05) is 19.1 Å². The summed E-state index contributed by atoms with van der Waals surface area (Å²) in [6.07, 6.45) is 3.20. The lowest BCUT2D eigenvalue weighted by atomic mass is 9.64. The zero-order valence-electron chi connectivity index (χ0n) is 10.1. The van der Waals surface area contributed by atoms with Crippen LogP contribution in [-0.2, 0) is 10.2 Å². The summed E-state index contributed by atoms with van der Waals surface area (Å²) in [5, 5.41) is 9.23. The van der Waals surface area contributed by atoms with Crippen molar-refractivity contribution in [1.82, 2.24) is 0 Å². The van der Waals surface area contributed by atoms with E-state index in [2.05, 4.69) is 0 Å². The summed E-state index contributed by atoms with van der Waals surface area (Å²) in [7, 11) is 0. The highest BCUT2D eigenvalue weighted by Gasteiger charge is 2.41. The Hall–Kier alpha value is -1.35. The number of hydrogen-bond acceptors (Lipinski definition) is 2. The number of hydrogen-bond donors (Lipinski definition) is 1. The average Bonchev–Trinajstić information content (AvgIpc) is 2.28. The van der Waals surface area contributed by atoms with Crippen molar-refractivity contribution in [3.8, 4) is 0 Å². The van der Waals surface area contributed by atoms with E-state index in [0.717, 1.165) is 24.8 Å². The van der Waals surface area contributed by atoms with Crippen molar-refractivity contribution in [3.05, 3.63) is 35.4 Å².